The van der Waals surface area contributed by atoms with E-state index in [-0.39, 0.29) is 0 Å². The van der Waals surface area contributed by atoms with Gasteiger partial charge in [0.15, 0.2) is 0 Å². The lowest BCUT2D eigenvalue weighted by Crippen LogP contribution is -2.47. The summed E-state index contributed by atoms with van der Waals surface area (Å²) in [5, 5.41) is 2.84. The molecule has 1 atom stereocenters. The maximum atomic E-state index is 4.32. The van der Waals surface area contributed by atoms with Crippen molar-refractivity contribution < 1.29 is 0 Å². The third-order valence-corrected chi connectivity index (χ3v) is 9.69. The Morgan fingerprint density at radius 1 is 0.556 bits per heavy atom. The summed E-state index contributed by atoms with van der Waals surface area (Å²) < 4.78 is 0. The first-order valence-corrected chi connectivity index (χ1v) is 17.1. The number of allylic oxidation sites excluding steroid dienone is 1. The highest BCUT2D eigenvalue weighted by Crippen LogP contribution is 2.39. The lowest BCUT2D eigenvalue weighted by Gasteiger charge is -2.35. The molecule has 0 spiro atoms. The van der Waals surface area contributed by atoms with Crippen LogP contribution in [0.4, 0.5) is 0 Å². The molecule has 2 heteroatoms. The van der Waals surface area contributed by atoms with Crippen LogP contribution < -0.4 is 5.43 Å². The van der Waals surface area contributed by atoms with Crippen LogP contribution in [0, 0.1) is 5.92 Å². The molecule has 3 rings (SSSR count). The first kappa shape index (κ1) is 30.0. The number of unbranched alkanes of at least 4 members (excludes halogenated alkanes) is 2. The fourth-order valence-corrected chi connectivity index (χ4v) is 7.40. The second kappa shape index (κ2) is 18.7. The van der Waals surface area contributed by atoms with Gasteiger partial charge in [0.1, 0.15) is 0 Å². The quantitative estimate of drug-likeness (QED) is 0.356. The third-order valence-electron chi connectivity index (χ3n) is 9.69. The summed E-state index contributed by atoms with van der Waals surface area (Å²) in [6, 6.07) is 1.35. The molecule has 210 valence electrons. The van der Waals surface area contributed by atoms with Crippen molar-refractivity contribution in [2.45, 2.75) is 199 Å². The van der Waals surface area contributed by atoms with E-state index in [1.54, 1.807) is 5.70 Å². The molecule has 2 saturated carbocycles. The van der Waals surface area contributed by atoms with Crippen molar-refractivity contribution in [3.8, 4) is 0 Å². The van der Waals surface area contributed by atoms with Gasteiger partial charge in [-0.3, -0.25) is 0 Å². The Morgan fingerprint density at radius 3 is 1.44 bits per heavy atom. The molecule has 2 fully saturated rings. The van der Waals surface area contributed by atoms with Gasteiger partial charge in [-0.15, -0.1) is 0 Å². The van der Waals surface area contributed by atoms with Crippen LogP contribution in [0.1, 0.15) is 187 Å². The summed E-state index contributed by atoms with van der Waals surface area (Å²) in [7, 11) is 0. The van der Waals surface area contributed by atoms with Gasteiger partial charge in [0.25, 0.3) is 0 Å². The lowest BCUT2D eigenvalue weighted by atomic mass is 9.83. The zero-order chi connectivity index (χ0) is 25.3. The standard InChI is InChI=1S/C34H64N2/c1-3-5-28-32-33(29-6-4-2)36(31-26-22-18-14-8-7-9-15-19-23-27-31)35-34(32)30-24-20-16-12-10-11-13-17-21-25-30/h30-31,34-35H,3-29H2,1-2H3. The number of rotatable bonds is 8. The van der Waals surface area contributed by atoms with Gasteiger partial charge in [-0.25, -0.2) is 5.43 Å². The van der Waals surface area contributed by atoms with E-state index in [1.165, 1.54) is 173 Å². The minimum atomic E-state index is 0.630. The van der Waals surface area contributed by atoms with Crippen molar-refractivity contribution in [3.63, 3.8) is 0 Å². The van der Waals surface area contributed by atoms with Crippen molar-refractivity contribution in [1.82, 2.24) is 10.4 Å². The van der Waals surface area contributed by atoms with Gasteiger partial charge >= 0.3 is 0 Å². The van der Waals surface area contributed by atoms with E-state index in [0.717, 1.165) is 12.0 Å². The van der Waals surface area contributed by atoms with Gasteiger partial charge < -0.3 is 5.01 Å². The van der Waals surface area contributed by atoms with E-state index in [2.05, 4.69) is 24.3 Å². The highest BCUT2D eigenvalue weighted by Gasteiger charge is 2.37. The maximum Gasteiger partial charge on any atom is 0.0520 e. The van der Waals surface area contributed by atoms with Crippen LogP contribution in [0.3, 0.4) is 0 Å². The molecule has 2 nitrogen and oxygen atoms in total. The Bertz CT molecular complexity index is 558. The number of nitrogens with zero attached hydrogens (tertiary/aromatic N) is 1. The molecule has 1 heterocycles. The van der Waals surface area contributed by atoms with E-state index in [9.17, 15) is 0 Å². The van der Waals surface area contributed by atoms with E-state index >= 15 is 0 Å². The molecule has 36 heavy (non-hydrogen) atoms. The van der Waals surface area contributed by atoms with Crippen molar-refractivity contribution in [1.29, 1.82) is 0 Å². The predicted octanol–water partition coefficient (Wildman–Crippen LogP) is 11.0. The second-order valence-electron chi connectivity index (χ2n) is 12.7. The average Bonchev–Trinajstić information content (AvgIpc) is 3.20. The molecule has 3 aliphatic rings. The molecule has 0 aromatic rings. The number of hydrogen-bond donors (Lipinski definition) is 1. The average molecular weight is 501 g/mol. The molecule has 0 amide bonds. The Labute approximate surface area is 226 Å². The van der Waals surface area contributed by atoms with E-state index in [4.69, 9.17) is 0 Å². The van der Waals surface area contributed by atoms with Gasteiger partial charge in [0, 0.05) is 11.7 Å². The SMILES string of the molecule is CCCCC1=C(CCCC)N(C2CCCCCCCCCCC2)NC1C1CCCCCCCCCC1. The van der Waals surface area contributed by atoms with Crippen LogP contribution in [0.15, 0.2) is 11.3 Å². The summed E-state index contributed by atoms with van der Waals surface area (Å²) in [5.74, 6) is 0.850. The highest BCUT2D eigenvalue weighted by atomic mass is 15.6. The smallest absolute Gasteiger partial charge is 0.0520 e. The summed E-state index contributed by atoms with van der Waals surface area (Å²) in [6.07, 6.45) is 38.6. The minimum Gasteiger partial charge on any atom is -0.309 e. The molecule has 1 aliphatic heterocycles. The van der Waals surface area contributed by atoms with Crippen LogP contribution >= 0.6 is 0 Å². The van der Waals surface area contributed by atoms with Crippen LogP contribution in [-0.2, 0) is 0 Å². The first-order valence-electron chi connectivity index (χ1n) is 17.1. The van der Waals surface area contributed by atoms with E-state index in [1.807, 2.05) is 5.57 Å². The largest absolute Gasteiger partial charge is 0.309 e. The molecule has 1 unspecified atom stereocenters. The topological polar surface area (TPSA) is 15.3 Å². The number of nitrogens with one attached hydrogen (secondary N) is 1. The normalized spacial score (nSPS) is 25.8. The van der Waals surface area contributed by atoms with Crippen LogP contribution in [-0.4, -0.2) is 17.1 Å². The van der Waals surface area contributed by atoms with Crippen LogP contribution in [0.2, 0.25) is 0 Å². The summed E-state index contributed by atoms with van der Waals surface area (Å²) in [4.78, 5) is 0. The molecular formula is C34H64N2. The van der Waals surface area contributed by atoms with Gasteiger partial charge in [0.05, 0.1) is 6.04 Å². The third kappa shape index (κ3) is 10.3. The van der Waals surface area contributed by atoms with Crippen molar-refractivity contribution >= 4 is 0 Å². The van der Waals surface area contributed by atoms with Crippen molar-refractivity contribution in [2.75, 3.05) is 0 Å². The van der Waals surface area contributed by atoms with Crippen molar-refractivity contribution in [3.05, 3.63) is 11.3 Å². The first-order chi connectivity index (χ1) is 17.8. The fourth-order valence-electron chi connectivity index (χ4n) is 7.40. The predicted molar refractivity (Wildman–Crippen MR) is 159 cm³/mol. The molecule has 0 aromatic heterocycles. The molecule has 0 radical (unpaired) electrons. The van der Waals surface area contributed by atoms with E-state index < -0.39 is 0 Å². The summed E-state index contributed by atoms with van der Waals surface area (Å²) >= 11 is 0. The molecule has 1 N–H and O–H groups in total. The zero-order valence-electron chi connectivity index (χ0n) is 24.8. The Kier molecular flexibility index (Phi) is 15.6. The molecule has 0 aromatic carbocycles. The zero-order valence-corrected chi connectivity index (χ0v) is 24.8. The van der Waals surface area contributed by atoms with Crippen LogP contribution in [0.5, 0.6) is 0 Å². The maximum absolute atomic E-state index is 4.32. The van der Waals surface area contributed by atoms with Gasteiger partial charge in [0.2, 0.25) is 0 Å². The summed E-state index contributed by atoms with van der Waals surface area (Å²) in [5.41, 5.74) is 7.94. The Hall–Kier alpha value is -0.500. The van der Waals surface area contributed by atoms with Crippen LogP contribution in [0.25, 0.3) is 0 Å². The van der Waals surface area contributed by atoms with Gasteiger partial charge in [-0.2, -0.15) is 0 Å². The second-order valence-corrected chi connectivity index (χ2v) is 12.7. The molecular weight excluding hydrogens is 436 g/mol. The molecule has 0 saturated heterocycles. The number of hydrazine groups is 1. The monoisotopic (exact) mass is 501 g/mol. The lowest BCUT2D eigenvalue weighted by molar-refractivity contribution is 0.133. The van der Waals surface area contributed by atoms with Gasteiger partial charge in [-0.05, 0) is 62.9 Å². The van der Waals surface area contributed by atoms with E-state index in [0.29, 0.717) is 6.04 Å². The van der Waals surface area contributed by atoms with Gasteiger partial charge in [-0.1, -0.05) is 136 Å². The molecule has 0 bridgehead atoms. The highest BCUT2D eigenvalue weighted by molar-refractivity contribution is 5.26. The summed E-state index contributed by atoms with van der Waals surface area (Å²) in [6.45, 7) is 4.78. The minimum absolute atomic E-state index is 0.630. The molecule has 2 aliphatic carbocycles. The Morgan fingerprint density at radius 2 is 0.972 bits per heavy atom. The Balaban J connectivity index is 1.81. The number of hydrogen-bond acceptors (Lipinski definition) is 2. The fraction of sp³-hybridized carbons (Fsp3) is 0.941. The van der Waals surface area contributed by atoms with Crippen molar-refractivity contribution in [2.24, 2.45) is 5.92 Å².